The molecule has 0 fully saturated rings. The van der Waals surface area contributed by atoms with Crippen LogP contribution in [0.15, 0.2) is 67.0 Å². The first-order valence-electron chi connectivity index (χ1n) is 9.26. The fraction of sp³-hybridized carbons (Fsp3) is 0.0455. The molecule has 32 heavy (non-hydrogen) atoms. The number of amides is 2. The predicted octanol–water partition coefficient (Wildman–Crippen LogP) is 6.20. The number of alkyl halides is 3. The monoisotopic (exact) mass is 457 g/mol. The van der Waals surface area contributed by atoms with Gasteiger partial charge in [0.1, 0.15) is 6.33 Å². The summed E-state index contributed by atoms with van der Waals surface area (Å²) < 4.78 is 38.9. The maximum atomic E-state index is 13.0. The maximum absolute atomic E-state index is 13.0. The van der Waals surface area contributed by atoms with E-state index in [0.29, 0.717) is 17.1 Å². The number of nitrogen functional groups attached to an aromatic ring is 1. The molecular weight excluding hydrogens is 443 g/mol. The van der Waals surface area contributed by atoms with Gasteiger partial charge in [-0.1, -0.05) is 23.7 Å². The van der Waals surface area contributed by atoms with Gasteiger partial charge in [0, 0.05) is 28.0 Å². The third-order valence-corrected chi connectivity index (χ3v) is 4.93. The second kappa shape index (κ2) is 8.35. The fourth-order valence-corrected chi connectivity index (χ4v) is 3.35. The lowest BCUT2D eigenvalue weighted by Gasteiger charge is -2.12. The highest BCUT2D eigenvalue weighted by Gasteiger charge is 2.33. The van der Waals surface area contributed by atoms with E-state index < -0.39 is 22.8 Å². The Labute approximate surface area is 185 Å². The number of aromatic nitrogens is 2. The van der Waals surface area contributed by atoms with E-state index >= 15 is 0 Å². The molecule has 0 aliphatic heterocycles. The number of rotatable bonds is 3. The second-order valence-electron chi connectivity index (χ2n) is 6.85. The summed E-state index contributed by atoms with van der Waals surface area (Å²) in [7, 11) is 0. The minimum atomic E-state index is -4.63. The highest BCUT2D eigenvalue weighted by molar-refractivity contribution is 6.31. The van der Waals surface area contributed by atoms with Crippen LogP contribution >= 0.6 is 11.6 Å². The topological polar surface area (TPSA) is 92.9 Å². The number of anilines is 3. The molecule has 0 aliphatic rings. The van der Waals surface area contributed by atoms with Crippen molar-refractivity contribution >= 4 is 45.6 Å². The molecule has 0 radical (unpaired) electrons. The number of nitrogens with one attached hydrogen (secondary N) is 2. The van der Waals surface area contributed by atoms with E-state index in [1.54, 1.807) is 42.5 Å². The number of halogens is 4. The van der Waals surface area contributed by atoms with Gasteiger partial charge in [-0.3, -0.25) is 0 Å². The molecule has 0 aliphatic carbocycles. The molecule has 0 bridgehead atoms. The second-order valence-corrected chi connectivity index (χ2v) is 7.25. The zero-order valence-electron chi connectivity index (χ0n) is 16.2. The van der Waals surface area contributed by atoms with Gasteiger partial charge in [0.2, 0.25) is 0 Å². The van der Waals surface area contributed by atoms with Crippen LogP contribution in [0, 0.1) is 0 Å². The molecule has 6 nitrogen and oxygen atoms in total. The van der Waals surface area contributed by atoms with Crippen LogP contribution in [-0.4, -0.2) is 16.0 Å². The normalized spacial score (nSPS) is 11.4. The van der Waals surface area contributed by atoms with Crippen LogP contribution in [0.3, 0.4) is 0 Å². The van der Waals surface area contributed by atoms with Crippen LogP contribution in [0.5, 0.6) is 0 Å². The zero-order valence-corrected chi connectivity index (χ0v) is 17.0. The first-order chi connectivity index (χ1) is 15.2. The predicted molar refractivity (Wildman–Crippen MR) is 118 cm³/mol. The van der Waals surface area contributed by atoms with E-state index in [0.717, 1.165) is 28.6 Å². The van der Waals surface area contributed by atoms with Crippen LogP contribution < -0.4 is 16.4 Å². The minimum Gasteiger partial charge on any atom is -0.399 e. The van der Waals surface area contributed by atoms with Crippen molar-refractivity contribution in [3.8, 4) is 11.3 Å². The summed E-state index contributed by atoms with van der Waals surface area (Å²) in [6.45, 7) is 0. The average Bonchev–Trinajstić information content (AvgIpc) is 2.74. The van der Waals surface area contributed by atoms with Crippen molar-refractivity contribution < 1.29 is 18.0 Å². The van der Waals surface area contributed by atoms with Crippen LogP contribution in [0.25, 0.3) is 22.2 Å². The van der Waals surface area contributed by atoms with Crippen molar-refractivity contribution in [2.24, 2.45) is 0 Å². The molecule has 4 aromatic rings. The summed E-state index contributed by atoms with van der Waals surface area (Å²) in [5.41, 5.74) is 8.03. The number of nitrogens with two attached hydrogens (primary N) is 1. The molecule has 0 saturated carbocycles. The Morgan fingerprint density at radius 2 is 1.59 bits per heavy atom. The molecule has 3 aromatic carbocycles. The third-order valence-electron chi connectivity index (χ3n) is 4.61. The molecule has 162 valence electrons. The first-order valence-corrected chi connectivity index (χ1v) is 9.64. The number of carbonyl (C=O) groups excluding carboxylic acids is 1. The van der Waals surface area contributed by atoms with Crippen molar-refractivity contribution in [3.63, 3.8) is 0 Å². The van der Waals surface area contributed by atoms with Gasteiger partial charge in [-0.15, -0.1) is 0 Å². The molecule has 0 saturated heterocycles. The lowest BCUT2D eigenvalue weighted by Crippen LogP contribution is -2.19. The molecule has 10 heteroatoms. The van der Waals surface area contributed by atoms with Gasteiger partial charge in [-0.25, -0.2) is 14.8 Å². The third kappa shape index (κ3) is 4.57. The van der Waals surface area contributed by atoms with Gasteiger partial charge in [0.15, 0.2) is 0 Å². The fourth-order valence-electron chi connectivity index (χ4n) is 3.13. The van der Waals surface area contributed by atoms with E-state index in [1.807, 2.05) is 0 Å². The summed E-state index contributed by atoms with van der Waals surface area (Å²) in [6.07, 6.45) is -3.17. The maximum Gasteiger partial charge on any atom is 0.417 e. The molecule has 4 rings (SSSR count). The lowest BCUT2D eigenvalue weighted by atomic mass is 10.1. The van der Waals surface area contributed by atoms with Crippen molar-refractivity contribution in [2.45, 2.75) is 6.18 Å². The molecule has 4 N–H and O–H groups in total. The summed E-state index contributed by atoms with van der Waals surface area (Å²) >= 11 is 5.59. The standard InChI is InChI=1S/C22H15ClF3N5O/c23-18-7-6-15(10-17(18)22(24,25)26)31-21(32)30-14-4-1-12(2-5-14)20-16-9-13(27)3-8-19(16)28-11-29-20/h1-11H,27H2,(H2,30,31,32). The van der Waals surface area contributed by atoms with Gasteiger partial charge in [-0.05, 0) is 48.5 Å². The van der Waals surface area contributed by atoms with Gasteiger partial charge in [0.25, 0.3) is 0 Å². The van der Waals surface area contributed by atoms with Crippen molar-refractivity contribution in [1.82, 2.24) is 9.97 Å². The number of carbonyl (C=O) groups is 1. The first kappa shape index (κ1) is 21.4. The number of fused-ring (bicyclic) bond motifs is 1. The number of nitrogens with zero attached hydrogens (tertiary/aromatic N) is 2. The lowest BCUT2D eigenvalue weighted by molar-refractivity contribution is -0.137. The van der Waals surface area contributed by atoms with Crippen molar-refractivity contribution in [3.05, 3.63) is 77.6 Å². The summed E-state index contributed by atoms with van der Waals surface area (Å²) in [5, 5.41) is 5.27. The summed E-state index contributed by atoms with van der Waals surface area (Å²) in [4.78, 5) is 20.8. The number of hydrogen-bond donors (Lipinski definition) is 3. The van der Waals surface area contributed by atoms with E-state index in [2.05, 4.69) is 20.6 Å². The Morgan fingerprint density at radius 3 is 2.31 bits per heavy atom. The van der Waals surface area contributed by atoms with Gasteiger partial charge >= 0.3 is 12.2 Å². The smallest absolute Gasteiger partial charge is 0.399 e. The molecule has 0 spiro atoms. The zero-order chi connectivity index (χ0) is 22.9. The van der Waals surface area contributed by atoms with E-state index in [4.69, 9.17) is 17.3 Å². The molecular formula is C22H15ClF3N5O. The number of urea groups is 1. The Kier molecular flexibility index (Phi) is 5.58. The number of hydrogen-bond acceptors (Lipinski definition) is 4. The average molecular weight is 458 g/mol. The van der Waals surface area contributed by atoms with Crippen LogP contribution in [-0.2, 0) is 6.18 Å². The number of benzene rings is 3. The van der Waals surface area contributed by atoms with Gasteiger partial charge < -0.3 is 16.4 Å². The quantitative estimate of drug-likeness (QED) is 0.319. The molecule has 2 amide bonds. The Bertz CT molecular complexity index is 1310. The van der Waals surface area contributed by atoms with Crippen molar-refractivity contribution in [1.29, 1.82) is 0 Å². The Hall–Kier alpha value is -3.85. The largest absolute Gasteiger partial charge is 0.417 e. The van der Waals surface area contributed by atoms with Gasteiger partial charge in [-0.2, -0.15) is 13.2 Å². The highest BCUT2D eigenvalue weighted by atomic mass is 35.5. The summed E-state index contributed by atoms with van der Waals surface area (Å²) in [6, 6.07) is 14.6. The van der Waals surface area contributed by atoms with Crippen LogP contribution in [0.4, 0.5) is 35.0 Å². The Morgan fingerprint density at radius 1 is 0.906 bits per heavy atom. The molecule has 1 aromatic heterocycles. The van der Waals surface area contributed by atoms with Crippen LogP contribution in [0.1, 0.15) is 5.56 Å². The molecule has 0 unspecified atom stereocenters. The van der Waals surface area contributed by atoms with E-state index in [1.165, 1.54) is 12.4 Å². The summed E-state index contributed by atoms with van der Waals surface area (Å²) in [5.74, 6) is 0. The Balaban J connectivity index is 1.50. The highest BCUT2D eigenvalue weighted by Crippen LogP contribution is 2.36. The van der Waals surface area contributed by atoms with Gasteiger partial charge in [0.05, 0.1) is 21.8 Å². The van der Waals surface area contributed by atoms with Crippen molar-refractivity contribution in [2.75, 3.05) is 16.4 Å². The van der Waals surface area contributed by atoms with E-state index in [9.17, 15) is 18.0 Å². The SMILES string of the molecule is Nc1ccc2ncnc(-c3ccc(NC(=O)Nc4ccc(Cl)c(C(F)(F)F)c4)cc3)c2c1. The van der Waals surface area contributed by atoms with E-state index in [-0.39, 0.29) is 5.69 Å². The van der Waals surface area contributed by atoms with Crippen LogP contribution in [0.2, 0.25) is 5.02 Å². The minimum absolute atomic E-state index is 0.0408. The molecule has 0 atom stereocenters. The molecule has 1 heterocycles.